The zero-order valence-electron chi connectivity index (χ0n) is 15.3. The molecule has 0 unspecified atom stereocenters. The Balaban J connectivity index is 0.00000192. The Morgan fingerprint density at radius 1 is 1.18 bits per heavy atom. The van der Waals surface area contributed by atoms with Crippen molar-refractivity contribution in [3.8, 4) is 11.5 Å². The average Bonchev–Trinajstić information content (AvgIpc) is 3.17. The highest BCUT2D eigenvalue weighted by molar-refractivity contribution is 5.85. The van der Waals surface area contributed by atoms with E-state index in [0.717, 1.165) is 30.0 Å². The number of fused-ring (bicyclic) bond motifs is 2. The summed E-state index contributed by atoms with van der Waals surface area (Å²) in [6.45, 7) is 1.89. The number of halogens is 1. The van der Waals surface area contributed by atoms with Crippen LogP contribution in [0.3, 0.4) is 0 Å². The maximum Gasteiger partial charge on any atom is 0.240 e. The lowest BCUT2D eigenvalue weighted by Gasteiger charge is -2.32. The molecule has 0 saturated heterocycles. The van der Waals surface area contributed by atoms with E-state index in [4.69, 9.17) is 4.42 Å². The van der Waals surface area contributed by atoms with Gasteiger partial charge in [0.1, 0.15) is 11.5 Å². The SMILES string of the molecule is Cl.O=C([C@H]1Cc2ccccc2CN1)N1CCc2oc(-c3cccnc3)nc2C1. The summed E-state index contributed by atoms with van der Waals surface area (Å²) in [6, 6.07) is 11.9. The number of carbonyl (C=O) groups is 1. The van der Waals surface area contributed by atoms with E-state index in [-0.39, 0.29) is 24.4 Å². The summed E-state index contributed by atoms with van der Waals surface area (Å²) >= 11 is 0. The molecule has 2 aliphatic heterocycles. The van der Waals surface area contributed by atoms with Crippen LogP contribution in [-0.2, 0) is 30.7 Å². The Kier molecular flexibility index (Phi) is 5.15. The Morgan fingerprint density at radius 3 is 2.86 bits per heavy atom. The first-order valence-electron chi connectivity index (χ1n) is 9.26. The van der Waals surface area contributed by atoms with Crippen molar-refractivity contribution >= 4 is 18.3 Å². The molecule has 0 spiro atoms. The molecule has 0 saturated carbocycles. The first-order valence-corrected chi connectivity index (χ1v) is 9.26. The van der Waals surface area contributed by atoms with Crippen LogP contribution in [0.1, 0.15) is 22.6 Å². The molecule has 1 aromatic carbocycles. The maximum atomic E-state index is 13.0. The number of benzene rings is 1. The molecular formula is C21H21ClN4O2. The molecule has 1 amide bonds. The van der Waals surface area contributed by atoms with Crippen LogP contribution < -0.4 is 5.32 Å². The molecular weight excluding hydrogens is 376 g/mol. The van der Waals surface area contributed by atoms with E-state index in [0.29, 0.717) is 25.4 Å². The standard InChI is InChI=1S/C21H20N4O2.ClH/c26-21(17-10-14-4-1-2-5-15(14)12-23-17)25-9-7-19-18(13-25)24-20(27-19)16-6-3-8-22-11-16;/h1-6,8,11,17,23H,7,9-10,12-13H2;1H/t17-;/m1./s1. The van der Waals surface area contributed by atoms with Crippen LogP contribution in [0.5, 0.6) is 0 Å². The predicted molar refractivity (Wildman–Crippen MR) is 107 cm³/mol. The third kappa shape index (κ3) is 3.41. The van der Waals surface area contributed by atoms with Crippen molar-refractivity contribution in [2.45, 2.75) is 32.0 Å². The zero-order valence-corrected chi connectivity index (χ0v) is 16.1. The number of amides is 1. The molecule has 1 N–H and O–H groups in total. The molecule has 144 valence electrons. The van der Waals surface area contributed by atoms with Crippen LogP contribution in [0, 0.1) is 0 Å². The van der Waals surface area contributed by atoms with Gasteiger partial charge < -0.3 is 14.6 Å². The number of carbonyl (C=O) groups excluding carboxylic acids is 1. The minimum atomic E-state index is -0.175. The van der Waals surface area contributed by atoms with E-state index in [9.17, 15) is 4.79 Å². The van der Waals surface area contributed by atoms with Gasteiger partial charge in [-0.05, 0) is 29.7 Å². The molecule has 4 heterocycles. The van der Waals surface area contributed by atoms with E-state index >= 15 is 0 Å². The number of hydrogen-bond acceptors (Lipinski definition) is 5. The van der Waals surface area contributed by atoms with Crippen molar-refractivity contribution < 1.29 is 9.21 Å². The number of aromatic nitrogens is 2. The number of nitrogens with zero attached hydrogens (tertiary/aromatic N) is 3. The summed E-state index contributed by atoms with van der Waals surface area (Å²) < 4.78 is 5.91. The maximum absolute atomic E-state index is 13.0. The zero-order chi connectivity index (χ0) is 18.2. The molecule has 0 aliphatic carbocycles. The molecule has 6 nitrogen and oxygen atoms in total. The van der Waals surface area contributed by atoms with Crippen molar-refractivity contribution in [3.63, 3.8) is 0 Å². The Hall–Kier alpha value is -2.70. The van der Waals surface area contributed by atoms with Crippen molar-refractivity contribution in [1.82, 2.24) is 20.2 Å². The van der Waals surface area contributed by atoms with E-state index in [1.165, 1.54) is 11.1 Å². The van der Waals surface area contributed by atoms with Crippen LogP contribution in [-0.4, -0.2) is 33.4 Å². The number of hydrogen-bond donors (Lipinski definition) is 1. The van der Waals surface area contributed by atoms with Gasteiger partial charge in [0, 0.05) is 31.9 Å². The first kappa shape index (κ1) is 18.7. The topological polar surface area (TPSA) is 71.3 Å². The second kappa shape index (κ2) is 7.73. The Bertz CT molecular complexity index is 989. The fourth-order valence-electron chi connectivity index (χ4n) is 3.85. The van der Waals surface area contributed by atoms with E-state index < -0.39 is 0 Å². The smallest absolute Gasteiger partial charge is 0.240 e. The van der Waals surface area contributed by atoms with Gasteiger partial charge in [0.05, 0.1) is 18.2 Å². The second-order valence-corrected chi connectivity index (χ2v) is 7.05. The van der Waals surface area contributed by atoms with Crippen molar-refractivity contribution in [2.75, 3.05) is 6.54 Å². The summed E-state index contributed by atoms with van der Waals surface area (Å²) in [5, 5.41) is 3.38. The van der Waals surface area contributed by atoms with Crippen LogP contribution >= 0.6 is 12.4 Å². The number of oxazole rings is 1. The van der Waals surface area contributed by atoms with E-state index in [2.05, 4.69) is 27.4 Å². The lowest BCUT2D eigenvalue weighted by atomic mass is 9.95. The molecule has 0 bridgehead atoms. The fraction of sp³-hybridized carbons (Fsp3) is 0.286. The molecule has 2 aliphatic rings. The van der Waals surface area contributed by atoms with Gasteiger partial charge in [-0.3, -0.25) is 9.78 Å². The highest BCUT2D eigenvalue weighted by Gasteiger charge is 2.31. The van der Waals surface area contributed by atoms with Crippen LogP contribution in [0.2, 0.25) is 0 Å². The van der Waals surface area contributed by atoms with Gasteiger partial charge in [-0.1, -0.05) is 24.3 Å². The summed E-state index contributed by atoms with van der Waals surface area (Å²) in [5.74, 6) is 1.59. The Labute approximate surface area is 169 Å². The highest BCUT2D eigenvalue weighted by Crippen LogP contribution is 2.26. The van der Waals surface area contributed by atoms with Gasteiger partial charge in [-0.15, -0.1) is 12.4 Å². The first-order chi connectivity index (χ1) is 13.3. The quantitative estimate of drug-likeness (QED) is 0.721. The van der Waals surface area contributed by atoms with Crippen molar-refractivity contribution in [3.05, 3.63) is 71.4 Å². The number of pyridine rings is 1. The van der Waals surface area contributed by atoms with Gasteiger partial charge in [-0.2, -0.15) is 0 Å². The van der Waals surface area contributed by atoms with E-state index in [1.807, 2.05) is 29.2 Å². The number of rotatable bonds is 2. The Morgan fingerprint density at radius 2 is 2.04 bits per heavy atom. The molecule has 1 atom stereocenters. The molecule has 0 fully saturated rings. The van der Waals surface area contributed by atoms with Gasteiger partial charge in [-0.25, -0.2) is 4.98 Å². The lowest BCUT2D eigenvalue weighted by Crippen LogP contribution is -2.50. The lowest BCUT2D eigenvalue weighted by molar-refractivity contribution is -0.134. The van der Waals surface area contributed by atoms with Gasteiger partial charge in [0.15, 0.2) is 0 Å². The summed E-state index contributed by atoms with van der Waals surface area (Å²) in [7, 11) is 0. The highest BCUT2D eigenvalue weighted by atomic mass is 35.5. The van der Waals surface area contributed by atoms with E-state index in [1.54, 1.807) is 12.4 Å². The molecule has 3 aromatic rings. The number of nitrogens with one attached hydrogen (secondary N) is 1. The van der Waals surface area contributed by atoms with Crippen LogP contribution in [0.25, 0.3) is 11.5 Å². The minimum Gasteiger partial charge on any atom is -0.441 e. The summed E-state index contributed by atoms with van der Waals surface area (Å²) in [4.78, 5) is 23.7. The summed E-state index contributed by atoms with van der Waals surface area (Å²) in [5.41, 5.74) is 4.24. The summed E-state index contributed by atoms with van der Waals surface area (Å²) in [6.07, 6.45) is 4.89. The average molecular weight is 397 g/mol. The van der Waals surface area contributed by atoms with Crippen LogP contribution in [0.15, 0.2) is 53.2 Å². The van der Waals surface area contributed by atoms with Gasteiger partial charge >= 0.3 is 0 Å². The van der Waals surface area contributed by atoms with Crippen molar-refractivity contribution in [1.29, 1.82) is 0 Å². The van der Waals surface area contributed by atoms with Crippen molar-refractivity contribution in [2.24, 2.45) is 0 Å². The van der Waals surface area contributed by atoms with Gasteiger partial charge in [0.2, 0.25) is 11.8 Å². The predicted octanol–water partition coefficient (Wildman–Crippen LogP) is 2.76. The largest absolute Gasteiger partial charge is 0.441 e. The normalized spacial score (nSPS) is 18.0. The molecule has 0 radical (unpaired) electrons. The third-order valence-corrected chi connectivity index (χ3v) is 5.33. The second-order valence-electron chi connectivity index (χ2n) is 7.05. The third-order valence-electron chi connectivity index (χ3n) is 5.33. The molecule has 2 aromatic heterocycles. The van der Waals surface area contributed by atoms with Gasteiger partial charge in [0.25, 0.3) is 0 Å². The van der Waals surface area contributed by atoms with Crippen LogP contribution in [0.4, 0.5) is 0 Å². The fourth-order valence-corrected chi connectivity index (χ4v) is 3.85. The monoisotopic (exact) mass is 396 g/mol. The molecule has 28 heavy (non-hydrogen) atoms. The minimum absolute atomic E-state index is 0. The molecule has 7 heteroatoms. The molecule has 5 rings (SSSR count).